The van der Waals surface area contributed by atoms with Crippen LogP contribution in [0.15, 0.2) is 43.0 Å². The van der Waals surface area contributed by atoms with Crippen molar-refractivity contribution < 1.29 is 22.0 Å². The molecule has 4 aromatic rings. The maximum absolute atomic E-state index is 14.9. The highest BCUT2D eigenvalue weighted by molar-refractivity contribution is 7.90. The molecule has 3 aromatic heterocycles. The van der Waals surface area contributed by atoms with Crippen LogP contribution < -0.4 is 9.86 Å². The number of aromatic amines is 1. The number of nitrogens with two attached hydrogens (primary N) is 1. The van der Waals surface area contributed by atoms with Crippen LogP contribution in [0.3, 0.4) is 0 Å². The van der Waals surface area contributed by atoms with Crippen LogP contribution in [0, 0.1) is 11.6 Å². The molecule has 0 atom stereocenters. The van der Waals surface area contributed by atoms with Crippen LogP contribution in [0.4, 0.5) is 14.5 Å². The lowest BCUT2D eigenvalue weighted by Crippen LogP contribution is -2.23. The molecule has 0 saturated heterocycles. The number of halogens is 2. The largest absolute Gasteiger partial charge is 0.345 e. The lowest BCUT2D eigenvalue weighted by atomic mass is 10.0. The number of rotatable bonds is 6. The van der Waals surface area contributed by atoms with Gasteiger partial charge in [-0.2, -0.15) is 8.42 Å². The molecular formula is C21H16F2N6O3S. The van der Waals surface area contributed by atoms with Crippen LogP contribution in [0.1, 0.15) is 40.5 Å². The summed E-state index contributed by atoms with van der Waals surface area (Å²) < 4.78 is 53.6. The van der Waals surface area contributed by atoms with E-state index >= 15 is 0 Å². The van der Waals surface area contributed by atoms with E-state index in [1.54, 1.807) is 29.4 Å². The van der Waals surface area contributed by atoms with Gasteiger partial charge >= 0.3 is 0 Å². The number of fused-ring (bicyclic) bond motifs is 1. The van der Waals surface area contributed by atoms with Crippen LogP contribution in [0.25, 0.3) is 22.2 Å². The molecule has 12 heteroatoms. The van der Waals surface area contributed by atoms with E-state index in [1.807, 2.05) is 0 Å². The smallest absolute Gasteiger partial charge is 0.296 e. The summed E-state index contributed by atoms with van der Waals surface area (Å²) in [6.45, 7) is 0. The Morgan fingerprint density at radius 1 is 1.09 bits per heavy atom. The van der Waals surface area contributed by atoms with Crippen LogP contribution in [0.2, 0.25) is 0 Å². The lowest BCUT2D eigenvalue weighted by Gasteiger charge is -2.10. The molecule has 0 amide bonds. The number of aromatic nitrogens is 4. The van der Waals surface area contributed by atoms with Crippen molar-refractivity contribution in [3.63, 3.8) is 0 Å². The second-order valence-corrected chi connectivity index (χ2v) is 8.98. The second-order valence-electron chi connectivity index (χ2n) is 7.69. The highest BCUT2D eigenvalue weighted by atomic mass is 32.2. The Kier molecular flexibility index (Phi) is 4.91. The van der Waals surface area contributed by atoms with Crippen molar-refractivity contribution in [2.24, 2.45) is 5.14 Å². The highest BCUT2D eigenvalue weighted by Gasteiger charge is 2.27. The van der Waals surface area contributed by atoms with Gasteiger partial charge < -0.3 is 4.98 Å². The monoisotopic (exact) mass is 470 g/mol. The molecule has 0 aliphatic heterocycles. The van der Waals surface area contributed by atoms with Crippen LogP contribution >= 0.6 is 0 Å². The number of pyridine rings is 1. The number of nitrogens with one attached hydrogen (secondary N) is 2. The summed E-state index contributed by atoms with van der Waals surface area (Å²) in [5.41, 5.74) is 0.00717. The summed E-state index contributed by atoms with van der Waals surface area (Å²) >= 11 is 0. The van der Waals surface area contributed by atoms with E-state index in [2.05, 4.69) is 19.9 Å². The molecule has 1 aromatic carbocycles. The van der Waals surface area contributed by atoms with Crippen molar-refractivity contribution in [1.82, 2.24) is 19.9 Å². The van der Waals surface area contributed by atoms with Gasteiger partial charge in [-0.3, -0.25) is 9.52 Å². The fourth-order valence-corrected chi connectivity index (χ4v) is 3.98. The van der Waals surface area contributed by atoms with Crippen LogP contribution in [-0.2, 0) is 10.2 Å². The zero-order valence-electron chi connectivity index (χ0n) is 16.8. The maximum atomic E-state index is 14.9. The Bertz CT molecular complexity index is 1520. The quantitative estimate of drug-likeness (QED) is 0.370. The molecule has 5 rings (SSSR count). The molecule has 1 aliphatic carbocycles. The van der Waals surface area contributed by atoms with Gasteiger partial charge in [0.05, 0.1) is 11.3 Å². The summed E-state index contributed by atoms with van der Waals surface area (Å²) in [5.74, 6) is -2.34. The number of anilines is 1. The Labute approximate surface area is 186 Å². The summed E-state index contributed by atoms with van der Waals surface area (Å²) in [5, 5.41) is 5.19. The SMILES string of the molecule is NS(=O)(=O)Nc1ccc(F)c(C(=O)c2c[nH]c3ncc(-c4cnc(C5CC5)nc4)cc23)c1F. The molecular weight excluding hydrogens is 454 g/mol. The number of hydrogen-bond acceptors (Lipinski definition) is 6. The fourth-order valence-electron chi connectivity index (χ4n) is 3.52. The summed E-state index contributed by atoms with van der Waals surface area (Å²) in [4.78, 5) is 28.9. The minimum Gasteiger partial charge on any atom is -0.345 e. The van der Waals surface area contributed by atoms with Gasteiger partial charge in [-0.1, -0.05) is 0 Å². The van der Waals surface area contributed by atoms with Crippen molar-refractivity contribution in [2.45, 2.75) is 18.8 Å². The third-order valence-electron chi connectivity index (χ3n) is 5.29. The van der Waals surface area contributed by atoms with Gasteiger partial charge in [0, 0.05) is 52.8 Å². The van der Waals surface area contributed by atoms with Crippen molar-refractivity contribution >= 4 is 32.7 Å². The molecule has 0 bridgehead atoms. The summed E-state index contributed by atoms with van der Waals surface area (Å²) in [7, 11) is -4.34. The van der Waals surface area contributed by atoms with E-state index in [4.69, 9.17) is 5.14 Å². The number of hydrogen-bond donors (Lipinski definition) is 3. The molecule has 4 N–H and O–H groups in total. The lowest BCUT2D eigenvalue weighted by molar-refractivity contribution is 0.103. The van der Waals surface area contributed by atoms with E-state index < -0.39 is 38.9 Å². The number of benzene rings is 1. The first kappa shape index (κ1) is 21.1. The molecule has 3 heterocycles. The van der Waals surface area contributed by atoms with Gasteiger partial charge in [0.15, 0.2) is 5.82 Å². The summed E-state index contributed by atoms with van der Waals surface area (Å²) in [6, 6.07) is 3.26. The van der Waals surface area contributed by atoms with E-state index in [0.29, 0.717) is 28.1 Å². The van der Waals surface area contributed by atoms with Gasteiger partial charge in [0.2, 0.25) is 5.78 Å². The fraction of sp³-hybridized carbons (Fsp3) is 0.143. The predicted octanol–water partition coefficient (Wildman–Crippen LogP) is 3.02. The van der Waals surface area contributed by atoms with Gasteiger partial charge in [-0.25, -0.2) is 28.9 Å². The molecule has 9 nitrogen and oxygen atoms in total. The first-order chi connectivity index (χ1) is 15.7. The Hall–Kier alpha value is -3.77. The van der Waals surface area contributed by atoms with Gasteiger partial charge in [-0.05, 0) is 31.0 Å². The van der Waals surface area contributed by atoms with Crippen LogP contribution in [-0.4, -0.2) is 34.1 Å². The molecule has 0 unspecified atom stereocenters. The number of H-pyrrole nitrogens is 1. The molecule has 1 fully saturated rings. The van der Waals surface area contributed by atoms with Gasteiger partial charge in [0.1, 0.15) is 17.3 Å². The van der Waals surface area contributed by atoms with E-state index in [9.17, 15) is 22.0 Å². The summed E-state index contributed by atoms with van der Waals surface area (Å²) in [6.07, 6.45) is 8.33. The second kappa shape index (κ2) is 7.67. The van der Waals surface area contributed by atoms with Gasteiger partial charge in [-0.15, -0.1) is 0 Å². The highest BCUT2D eigenvalue weighted by Crippen LogP contribution is 2.38. The Balaban J connectivity index is 1.55. The Morgan fingerprint density at radius 3 is 2.45 bits per heavy atom. The molecule has 1 aliphatic rings. The van der Waals surface area contributed by atoms with Crippen molar-refractivity contribution in [2.75, 3.05) is 4.72 Å². The first-order valence-electron chi connectivity index (χ1n) is 9.84. The zero-order valence-corrected chi connectivity index (χ0v) is 17.7. The third-order valence-corrected chi connectivity index (χ3v) is 5.80. The average Bonchev–Trinajstić information content (AvgIpc) is 3.54. The Morgan fingerprint density at radius 2 is 1.79 bits per heavy atom. The minimum absolute atomic E-state index is 0.0413. The topological polar surface area (TPSA) is 144 Å². The maximum Gasteiger partial charge on any atom is 0.296 e. The number of carbonyl (C=O) groups excluding carboxylic acids is 1. The third kappa shape index (κ3) is 4.05. The minimum atomic E-state index is -4.34. The number of carbonyl (C=O) groups is 1. The molecule has 0 spiro atoms. The van der Waals surface area contributed by atoms with E-state index in [1.165, 1.54) is 6.20 Å². The normalized spacial score (nSPS) is 13.9. The van der Waals surface area contributed by atoms with Crippen molar-refractivity contribution in [1.29, 1.82) is 0 Å². The first-order valence-corrected chi connectivity index (χ1v) is 11.4. The van der Waals surface area contributed by atoms with Crippen LogP contribution in [0.5, 0.6) is 0 Å². The van der Waals surface area contributed by atoms with Crippen molar-refractivity contribution in [3.8, 4) is 11.1 Å². The molecule has 0 radical (unpaired) electrons. The van der Waals surface area contributed by atoms with Crippen molar-refractivity contribution in [3.05, 3.63) is 71.6 Å². The molecule has 1 saturated carbocycles. The predicted molar refractivity (Wildman–Crippen MR) is 116 cm³/mol. The average molecular weight is 470 g/mol. The molecule has 33 heavy (non-hydrogen) atoms. The van der Waals surface area contributed by atoms with E-state index in [-0.39, 0.29) is 5.56 Å². The number of nitrogens with zero attached hydrogens (tertiary/aromatic N) is 3. The number of ketones is 1. The van der Waals surface area contributed by atoms with E-state index in [0.717, 1.165) is 30.8 Å². The zero-order chi connectivity index (χ0) is 23.3. The standard InChI is InChI=1S/C21H16F2N6O3S/c22-15-3-4-16(29-33(24,31)32)18(23)17(15)19(30)14-9-28-21-13(14)5-11(6-27-21)12-7-25-20(26-8-12)10-1-2-10/h3-10,29H,1-2H2,(H,27,28)(H2,24,31,32). The molecule has 168 valence electrons. The van der Waals surface area contributed by atoms with Gasteiger partial charge in [0.25, 0.3) is 10.2 Å².